The molecule has 1 fully saturated rings. The number of ketones is 1. The van der Waals surface area contributed by atoms with E-state index in [2.05, 4.69) is 4.90 Å². The summed E-state index contributed by atoms with van der Waals surface area (Å²) in [5.74, 6) is 0.382. The van der Waals surface area contributed by atoms with Crippen molar-refractivity contribution in [1.29, 1.82) is 0 Å². The highest BCUT2D eigenvalue weighted by atomic mass is 19.1. The monoisotopic (exact) mass is 293 g/mol. The lowest BCUT2D eigenvalue weighted by Crippen LogP contribution is -2.27. The van der Waals surface area contributed by atoms with E-state index in [-0.39, 0.29) is 11.3 Å². The van der Waals surface area contributed by atoms with Crippen molar-refractivity contribution in [1.82, 2.24) is 4.90 Å². The molecule has 21 heavy (non-hydrogen) atoms. The number of benzene rings is 1. The van der Waals surface area contributed by atoms with Crippen molar-refractivity contribution < 1.29 is 13.9 Å². The molecule has 4 heteroatoms. The lowest BCUT2D eigenvalue weighted by atomic mass is 10.1. The van der Waals surface area contributed by atoms with Crippen LogP contribution in [0.25, 0.3) is 0 Å². The molecule has 1 aliphatic rings. The molecular weight excluding hydrogens is 269 g/mol. The molecule has 0 aliphatic heterocycles. The zero-order chi connectivity index (χ0) is 15.2. The summed E-state index contributed by atoms with van der Waals surface area (Å²) < 4.78 is 18.9. The number of nitrogens with zero attached hydrogens (tertiary/aromatic N) is 1. The van der Waals surface area contributed by atoms with E-state index < -0.39 is 5.82 Å². The van der Waals surface area contributed by atoms with Gasteiger partial charge in [-0.15, -0.1) is 0 Å². The number of halogens is 1. The summed E-state index contributed by atoms with van der Waals surface area (Å²) in [4.78, 5) is 14.4. The molecule has 3 nitrogen and oxygen atoms in total. The van der Waals surface area contributed by atoms with Crippen molar-refractivity contribution in [3.8, 4) is 5.75 Å². The average molecular weight is 293 g/mol. The van der Waals surface area contributed by atoms with Gasteiger partial charge >= 0.3 is 0 Å². The minimum absolute atomic E-state index is 0.0780. The van der Waals surface area contributed by atoms with Gasteiger partial charge in [-0.2, -0.15) is 0 Å². The van der Waals surface area contributed by atoms with Gasteiger partial charge in [-0.3, -0.25) is 4.79 Å². The maximum absolute atomic E-state index is 13.8. The third-order valence-corrected chi connectivity index (χ3v) is 4.24. The van der Waals surface area contributed by atoms with Crippen LogP contribution in [0.5, 0.6) is 5.75 Å². The average Bonchev–Trinajstić information content (AvgIpc) is 2.97. The Bertz CT molecular complexity index is 484. The van der Waals surface area contributed by atoms with E-state index in [1.165, 1.54) is 38.9 Å². The third-order valence-electron chi connectivity index (χ3n) is 4.24. The molecule has 2 rings (SSSR count). The van der Waals surface area contributed by atoms with Crippen molar-refractivity contribution in [2.75, 3.05) is 27.2 Å². The number of methoxy groups -OCH3 is 1. The number of ether oxygens (including phenoxy) is 1. The Morgan fingerprint density at radius 3 is 2.76 bits per heavy atom. The largest absolute Gasteiger partial charge is 0.496 e. The summed E-state index contributed by atoms with van der Waals surface area (Å²) in [6.45, 7) is 1.69. The Morgan fingerprint density at radius 1 is 1.38 bits per heavy atom. The Hall–Kier alpha value is -1.42. The molecule has 0 unspecified atom stereocenters. The Labute approximate surface area is 126 Å². The fourth-order valence-corrected chi connectivity index (χ4v) is 3.09. The van der Waals surface area contributed by atoms with Crippen LogP contribution < -0.4 is 4.74 Å². The summed E-state index contributed by atoms with van der Waals surface area (Å²) in [6, 6.07) is 4.48. The molecule has 0 heterocycles. The summed E-state index contributed by atoms with van der Waals surface area (Å²) in [6.07, 6.45) is 5.55. The minimum Gasteiger partial charge on any atom is -0.496 e. The van der Waals surface area contributed by atoms with Gasteiger partial charge in [-0.25, -0.2) is 4.39 Å². The number of carbonyl (C=O) groups excluding carboxylic acids is 1. The highest BCUT2D eigenvalue weighted by Crippen LogP contribution is 2.26. The van der Waals surface area contributed by atoms with Gasteiger partial charge in [0.15, 0.2) is 5.78 Å². The van der Waals surface area contributed by atoms with Gasteiger partial charge in [-0.1, -0.05) is 18.9 Å². The van der Waals surface area contributed by atoms with Crippen molar-refractivity contribution in [3.63, 3.8) is 0 Å². The lowest BCUT2D eigenvalue weighted by molar-refractivity contribution is 0.0959. The first-order valence-corrected chi connectivity index (χ1v) is 7.66. The van der Waals surface area contributed by atoms with Crippen LogP contribution in [0.3, 0.4) is 0 Å². The molecular formula is C17H24FNO2. The van der Waals surface area contributed by atoms with Crippen LogP contribution in [0.2, 0.25) is 0 Å². The van der Waals surface area contributed by atoms with Crippen LogP contribution in [0.1, 0.15) is 42.5 Å². The maximum Gasteiger partial charge on any atom is 0.170 e. The standard InChI is InChI=1S/C17H24FNO2/c1-19(12-13-6-3-4-7-13)11-10-15(20)17-14(18)8-5-9-16(17)21-2/h5,8-9,13H,3-4,6-7,10-12H2,1-2H3. The highest BCUT2D eigenvalue weighted by Gasteiger charge is 2.20. The van der Waals surface area contributed by atoms with Gasteiger partial charge in [0.25, 0.3) is 0 Å². The predicted molar refractivity (Wildman–Crippen MR) is 81.4 cm³/mol. The molecule has 0 radical (unpaired) electrons. The van der Waals surface area contributed by atoms with E-state index in [0.717, 1.165) is 12.5 Å². The van der Waals surface area contributed by atoms with E-state index in [0.29, 0.717) is 18.7 Å². The van der Waals surface area contributed by atoms with Crippen LogP contribution in [0.15, 0.2) is 18.2 Å². The molecule has 1 aromatic carbocycles. The second-order valence-electron chi connectivity index (χ2n) is 5.90. The minimum atomic E-state index is -0.502. The van der Waals surface area contributed by atoms with Gasteiger partial charge in [-0.05, 0) is 37.9 Å². The predicted octanol–water partition coefficient (Wildman–Crippen LogP) is 3.53. The summed E-state index contributed by atoms with van der Waals surface area (Å²) >= 11 is 0. The quantitative estimate of drug-likeness (QED) is 0.720. The zero-order valence-electron chi connectivity index (χ0n) is 12.9. The molecule has 0 atom stereocenters. The smallest absolute Gasteiger partial charge is 0.170 e. The number of rotatable bonds is 7. The Morgan fingerprint density at radius 2 is 2.10 bits per heavy atom. The van der Waals surface area contributed by atoms with Gasteiger partial charge < -0.3 is 9.64 Å². The fraction of sp³-hybridized carbons (Fsp3) is 0.588. The Kier molecular flexibility index (Phi) is 5.74. The van der Waals surface area contributed by atoms with Gasteiger partial charge in [0.1, 0.15) is 11.6 Å². The molecule has 0 aromatic heterocycles. The summed E-state index contributed by atoms with van der Waals surface area (Å²) in [5.41, 5.74) is 0.0780. The number of hydrogen-bond acceptors (Lipinski definition) is 3. The third kappa shape index (κ3) is 4.27. The SMILES string of the molecule is COc1cccc(F)c1C(=O)CCN(C)CC1CCCC1. The van der Waals surface area contributed by atoms with Crippen molar-refractivity contribution in [3.05, 3.63) is 29.6 Å². The molecule has 1 aromatic rings. The van der Waals surface area contributed by atoms with E-state index >= 15 is 0 Å². The van der Waals surface area contributed by atoms with Crippen molar-refractivity contribution in [2.24, 2.45) is 5.92 Å². The topological polar surface area (TPSA) is 29.5 Å². The zero-order valence-corrected chi connectivity index (χ0v) is 12.9. The normalized spacial score (nSPS) is 15.6. The van der Waals surface area contributed by atoms with E-state index in [9.17, 15) is 9.18 Å². The summed E-state index contributed by atoms with van der Waals surface area (Å²) in [7, 11) is 3.49. The summed E-state index contributed by atoms with van der Waals surface area (Å²) in [5, 5.41) is 0. The number of hydrogen-bond donors (Lipinski definition) is 0. The lowest BCUT2D eigenvalue weighted by Gasteiger charge is -2.20. The van der Waals surface area contributed by atoms with E-state index in [4.69, 9.17) is 4.74 Å². The first kappa shape index (κ1) is 16.0. The van der Waals surface area contributed by atoms with Crippen LogP contribution in [0, 0.1) is 11.7 Å². The van der Waals surface area contributed by atoms with Crippen LogP contribution in [-0.4, -0.2) is 37.9 Å². The second kappa shape index (κ2) is 7.55. The number of Topliss-reactive ketones (excluding diaryl/α,β-unsaturated/α-hetero) is 1. The molecule has 0 saturated heterocycles. The molecule has 0 amide bonds. The highest BCUT2D eigenvalue weighted by molar-refractivity contribution is 5.99. The van der Waals surface area contributed by atoms with Crippen molar-refractivity contribution >= 4 is 5.78 Å². The first-order chi connectivity index (χ1) is 10.1. The molecule has 116 valence electrons. The van der Waals surface area contributed by atoms with Crippen molar-refractivity contribution in [2.45, 2.75) is 32.1 Å². The molecule has 0 spiro atoms. The van der Waals surface area contributed by atoms with Gasteiger partial charge in [0.2, 0.25) is 0 Å². The second-order valence-corrected chi connectivity index (χ2v) is 5.90. The molecule has 1 aliphatic carbocycles. The number of carbonyl (C=O) groups is 1. The molecule has 0 N–H and O–H groups in total. The fourth-order valence-electron chi connectivity index (χ4n) is 3.09. The van der Waals surface area contributed by atoms with Gasteiger partial charge in [0.05, 0.1) is 12.7 Å². The van der Waals surface area contributed by atoms with Crippen LogP contribution in [0.4, 0.5) is 4.39 Å². The first-order valence-electron chi connectivity index (χ1n) is 7.66. The molecule has 1 saturated carbocycles. The van der Waals surface area contributed by atoms with Crippen LogP contribution >= 0.6 is 0 Å². The maximum atomic E-state index is 13.8. The molecule has 0 bridgehead atoms. The van der Waals surface area contributed by atoms with E-state index in [1.807, 2.05) is 7.05 Å². The van der Waals surface area contributed by atoms with Crippen LogP contribution in [-0.2, 0) is 0 Å². The Balaban J connectivity index is 1.89. The van der Waals surface area contributed by atoms with Gasteiger partial charge in [0, 0.05) is 19.5 Å². The van der Waals surface area contributed by atoms with E-state index in [1.54, 1.807) is 12.1 Å².